The molecule has 1 heterocycles. The van der Waals surface area contributed by atoms with Crippen LogP contribution < -0.4 is 9.64 Å². The number of carbonyl (C=O) groups excluding carboxylic acids is 2. The number of phenolic OH excluding ortho intramolecular Hbond substituents is 1. The number of halogens is 1. The number of aliphatic hydroxyl groups is 1. The van der Waals surface area contributed by atoms with E-state index in [1.165, 1.54) is 30.3 Å². The van der Waals surface area contributed by atoms with E-state index < -0.39 is 23.5 Å². The lowest BCUT2D eigenvalue weighted by Crippen LogP contribution is -2.29. The molecule has 0 saturated carbocycles. The zero-order valence-electron chi connectivity index (χ0n) is 18.7. The number of phenols is 1. The first-order valence-electron chi connectivity index (χ1n) is 10.8. The molecule has 1 aliphatic rings. The van der Waals surface area contributed by atoms with E-state index in [2.05, 4.69) is 0 Å². The zero-order valence-corrected chi connectivity index (χ0v) is 18.7. The Morgan fingerprint density at radius 1 is 1.03 bits per heavy atom. The molecule has 1 atom stereocenters. The molecule has 4 rings (SSSR count). The van der Waals surface area contributed by atoms with Crippen LogP contribution in [-0.2, 0) is 9.59 Å². The summed E-state index contributed by atoms with van der Waals surface area (Å²) >= 11 is 0. The minimum Gasteiger partial charge on any atom is -0.508 e. The number of nitrogens with zero attached hydrogens (tertiary/aromatic N) is 1. The van der Waals surface area contributed by atoms with Crippen molar-refractivity contribution in [2.75, 3.05) is 11.5 Å². The summed E-state index contributed by atoms with van der Waals surface area (Å²) in [5, 5.41) is 20.9. The van der Waals surface area contributed by atoms with E-state index in [1.54, 1.807) is 36.4 Å². The molecule has 2 N–H and O–H groups in total. The molecule has 34 heavy (non-hydrogen) atoms. The number of carbonyl (C=O) groups is 2. The highest BCUT2D eigenvalue weighted by atomic mass is 19.1. The van der Waals surface area contributed by atoms with Crippen LogP contribution in [0.15, 0.2) is 78.4 Å². The van der Waals surface area contributed by atoms with Gasteiger partial charge in [0.15, 0.2) is 0 Å². The fraction of sp³-hybridized carbons (Fsp3) is 0.185. The molecule has 1 amide bonds. The lowest BCUT2D eigenvalue weighted by atomic mass is 9.95. The first kappa shape index (κ1) is 23.0. The quantitative estimate of drug-likeness (QED) is 0.300. The van der Waals surface area contributed by atoms with Crippen LogP contribution in [-0.4, -0.2) is 28.5 Å². The Balaban J connectivity index is 1.86. The lowest BCUT2D eigenvalue weighted by molar-refractivity contribution is -0.132. The van der Waals surface area contributed by atoms with Crippen molar-refractivity contribution in [2.45, 2.75) is 19.9 Å². The van der Waals surface area contributed by atoms with Gasteiger partial charge in [-0.2, -0.15) is 0 Å². The van der Waals surface area contributed by atoms with Gasteiger partial charge in [-0.25, -0.2) is 4.39 Å². The second-order valence-corrected chi connectivity index (χ2v) is 8.47. The Hall–Kier alpha value is -4.13. The first-order valence-corrected chi connectivity index (χ1v) is 10.8. The number of anilines is 1. The smallest absolute Gasteiger partial charge is 0.300 e. The van der Waals surface area contributed by atoms with Gasteiger partial charge in [-0.15, -0.1) is 0 Å². The van der Waals surface area contributed by atoms with Crippen molar-refractivity contribution in [3.8, 4) is 11.5 Å². The molecule has 1 aliphatic heterocycles. The van der Waals surface area contributed by atoms with Crippen LogP contribution in [0.1, 0.15) is 31.0 Å². The topological polar surface area (TPSA) is 87.1 Å². The van der Waals surface area contributed by atoms with Gasteiger partial charge in [-0.05, 0) is 53.9 Å². The SMILES string of the molecule is CC(C)COc1cccc(/C(O)=C2\C(=O)C(=O)N(c3cccc(F)c3)C2c2ccc(O)cc2)c1. The summed E-state index contributed by atoms with van der Waals surface area (Å²) in [4.78, 5) is 27.4. The summed E-state index contributed by atoms with van der Waals surface area (Å²) in [5.74, 6) is -1.92. The number of amides is 1. The number of ketones is 1. The van der Waals surface area contributed by atoms with Gasteiger partial charge in [-0.1, -0.05) is 44.2 Å². The number of aromatic hydroxyl groups is 1. The summed E-state index contributed by atoms with van der Waals surface area (Å²) in [6.07, 6.45) is 0. The highest BCUT2D eigenvalue weighted by molar-refractivity contribution is 6.51. The van der Waals surface area contributed by atoms with E-state index in [4.69, 9.17) is 4.74 Å². The largest absolute Gasteiger partial charge is 0.508 e. The average Bonchev–Trinajstić information content (AvgIpc) is 3.08. The zero-order chi connectivity index (χ0) is 24.4. The third-order valence-electron chi connectivity index (χ3n) is 5.43. The lowest BCUT2D eigenvalue weighted by Gasteiger charge is -2.25. The molecule has 0 bridgehead atoms. The molecule has 1 unspecified atom stereocenters. The van der Waals surface area contributed by atoms with Gasteiger partial charge in [0, 0.05) is 11.3 Å². The van der Waals surface area contributed by atoms with Gasteiger partial charge in [-0.3, -0.25) is 14.5 Å². The van der Waals surface area contributed by atoms with Gasteiger partial charge >= 0.3 is 0 Å². The van der Waals surface area contributed by atoms with Crippen LogP contribution in [0.5, 0.6) is 11.5 Å². The molecule has 0 aliphatic carbocycles. The first-order chi connectivity index (χ1) is 16.3. The Bertz CT molecular complexity index is 1270. The maximum absolute atomic E-state index is 14.0. The summed E-state index contributed by atoms with van der Waals surface area (Å²) < 4.78 is 19.7. The maximum atomic E-state index is 14.0. The Morgan fingerprint density at radius 3 is 2.41 bits per heavy atom. The van der Waals surface area contributed by atoms with E-state index in [1.807, 2.05) is 13.8 Å². The van der Waals surface area contributed by atoms with Crippen LogP contribution in [0.2, 0.25) is 0 Å². The minimum atomic E-state index is -1.03. The second kappa shape index (κ2) is 9.39. The highest BCUT2D eigenvalue weighted by Gasteiger charge is 2.47. The number of hydrogen-bond donors (Lipinski definition) is 2. The number of benzene rings is 3. The van der Waals surface area contributed by atoms with Crippen molar-refractivity contribution in [1.82, 2.24) is 0 Å². The molecule has 174 valence electrons. The Morgan fingerprint density at radius 2 is 1.74 bits per heavy atom. The molecule has 0 aromatic heterocycles. The van der Waals surface area contributed by atoms with Crippen LogP contribution in [0.3, 0.4) is 0 Å². The fourth-order valence-electron chi connectivity index (χ4n) is 3.85. The van der Waals surface area contributed by atoms with E-state index in [9.17, 15) is 24.2 Å². The molecule has 7 heteroatoms. The standard InChI is InChI=1S/C27H24FNO5/c1-16(2)15-34-22-8-3-5-18(13-22)25(31)23-24(17-9-11-21(30)12-10-17)29(27(33)26(23)32)20-7-4-6-19(28)14-20/h3-14,16,24,30-31H,15H2,1-2H3/b25-23+. The molecule has 0 radical (unpaired) electrons. The van der Waals surface area contributed by atoms with Gasteiger partial charge in [0.25, 0.3) is 11.7 Å². The highest BCUT2D eigenvalue weighted by Crippen LogP contribution is 2.42. The molecule has 1 saturated heterocycles. The van der Waals surface area contributed by atoms with Gasteiger partial charge in [0.1, 0.15) is 23.1 Å². The molecule has 3 aromatic rings. The van der Waals surface area contributed by atoms with Gasteiger partial charge < -0.3 is 14.9 Å². The number of aliphatic hydroxyl groups excluding tert-OH is 1. The predicted molar refractivity (Wildman–Crippen MR) is 126 cm³/mol. The van der Waals surface area contributed by atoms with Crippen LogP contribution in [0.4, 0.5) is 10.1 Å². The molecular weight excluding hydrogens is 437 g/mol. The minimum absolute atomic E-state index is 0.00135. The second-order valence-electron chi connectivity index (χ2n) is 8.47. The van der Waals surface area contributed by atoms with Crippen molar-refractivity contribution in [3.63, 3.8) is 0 Å². The van der Waals surface area contributed by atoms with E-state index in [0.717, 1.165) is 11.0 Å². The summed E-state index contributed by atoms with van der Waals surface area (Å²) in [7, 11) is 0. The van der Waals surface area contributed by atoms with Crippen molar-refractivity contribution >= 4 is 23.1 Å². The summed E-state index contributed by atoms with van der Waals surface area (Å²) in [5.41, 5.74) is 0.812. The van der Waals surface area contributed by atoms with Crippen molar-refractivity contribution < 1.29 is 28.9 Å². The Labute approximate surface area is 196 Å². The van der Waals surface area contributed by atoms with E-state index in [-0.39, 0.29) is 22.8 Å². The number of Topliss-reactive ketones (excluding diaryl/α,β-unsaturated/α-hetero) is 1. The third-order valence-corrected chi connectivity index (χ3v) is 5.43. The van der Waals surface area contributed by atoms with E-state index in [0.29, 0.717) is 29.4 Å². The van der Waals surface area contributed by atoms with Crippen molar-refractivity contribution in [2.24, 2.45) is 5.92 Å². The van der Waals surface area contributed by atoms with E-state index >= 15 is 0 Å². The summed E-state index contributed by atoms with van der Waals surface area (Å²) in [6.45, 7) is 4.49. The third kappa shape index (κ3) is 4.50. The van der Waals surface area contributed by atoms with Crippen molar-refractivity contribution in [3.05, 3.63) is 95.3 Å². The van der Waals surface area contributed by atoms with Crippen LogP contribution in [0, 0.1) is 11.7 Å². The van der Waals surface area contributed by atoms with Crippen molar-refractivity contribution in [1.29, 1.82) is 0 Å². The van der Waals surface area contributed by atoms with Crippen LogP contribution >= 0.6 is 0 Å². The van der Waals surface area contributed by atoms with Gasteiger partial charge in [0.05, 0.1) is 18.2 Å². The molecule has 3 aromatic carbocycles. The summed E-state index contributed by atoms with van der Waals surface area (Å²) in [6, 6.07) is 16.9. The molecule has 6 nitrogen and oxygen atoms in total. The molecular formula is C27H24FNO5. The monoisotopic (exact) mass is 461 g/mol. The molecule has 0 spiro atoms. The van der Waals surface area contributed by atoms with Gasteiger partial charge in [0.2, 0.25) is 0 Å². The normalized spacial score (nSPS) is 17.4. The fourth-order valence-corrected chi connectivity index (χ4v) is 3.85. The molecule has 1 fully saturated rings. The average molecular weight is 461 g/mol. The number of hydrogen-bond acceptors (Lipinski definition) is 5. The Kier molecular flexibility index (Phi) is 6.36. The van der Waals surface area contributed by atoms with Crippen LogP contribution in [0.25, 0.3) is 5.76 Å². The number of ether oxygens (including phenoxy) is 1. The predicted octanol–water partition coefficient (Wildman–Crippen LogP) is 5.19. The number of rotatable bonds is 6. The maximum Gasteiger partial charge on any atom is 0.300 e.